The molecule has 3 aromatic carbocycles. The van der Waals surface area contributed by atoms with Gasteiger partial charge in [-0.1, -0.05) is 30.3 Å². The van der Waals surface area contributed by atoms with Crippen molar-refractivity contribution in [3.63, 3.8) is 0 Å². The molecule has 0 fully saturated rings. The van der Waals surface area contributed by atoms with E-state index in [-0.39, 0.29) is 11.3 Å². The lowest BCUT2D eigenvalue weighted by Crippen LogP contribution is -2.19. The zero-order valence-electron chi connectivity index (χ0n) is 16.3. The zero-order valence-corrected chi connectivity index (χ0v) is 16.3. The molecule has 1 aromatic heterocycles. The molecular weight excluding hydrogens is 380 g/mol. The first-order chi connectivity index (χ1) is 14.6. The molecule has 0 bridgehead atoms. The third kappa shape index (κ3) is 4.17. The van der Waals surface area contributed by atoms with Crippen molar-refractivity contribution >= 4 is 22.4 Å². The molecule has 0 aliphatic heterocycles. The minimum absolute atomic E-state index is 0.176. The Morgan fingerprint density at radius 2 is 1.63 bits per heavy atom. The summed E-state index contributed by atoms with van der Waals surface area (Å²) in [6, 6.07) is 23.1. The van der Waals surface area contributed by atoms with Crippen molar-refractivity contribution in [1.82, 2.24) is 4.98 Å². The van der Waals surface area contributed by atoms with E-state index in [1.807, 2.05) is 31.2 Å². The van der Waals surface area contributed by atoms with Crippen molar-refractivity contribution in [2.75, 3.05) is 11.9 Å². The summed E-state index contributed by atoms with van der Waals surface area (Å²) in [5.74, 6) is 1.42. The van der Waals surface area contributed by atoms with E-state index in [4.69, 9.17) is 9.47 Å². The van der Waals surface area contributed by atoms with Gasteiger partial charge in [0.1, 0.15) is 17.2 Å². The molecule has 0 radical (unpaired) electrons. The largest absolute Gasteiger partial charge is 0.494 e. The van der Waals surface area contributed by atoms with Gasteiger partial charge < -0.3 is 19.8 Å². The van der Waals surface area contributed by atoms with Crippen LogP contribution in [0.2, 0.25) is 0 Å². The molecular formula is C24H20N2O4. The number of pyridine rings is 1. The number of hydrogen-bond donors (Lipinski definition) is 2. The SMILES string of the molecule is CCOc1ccc(Oc2ccccc2NC(=O)c2cc3ccccc3c(=O)[nH]2)cc1. The Balaban J connectivity index is 1.57. The van der Waals surface area contributed by atoms with Crippen LogP contribution >= 0.6 is 0 Å². The first-order valence-electron chi connectivity index (χ1n) is 9.57. The number of aromatic nitrogens is 1. The number of ether oxygens (including phenoxy) is 2. The normalized spacial score (nSPS) is 10.6. The van der Waals surface area contributed by atoms with Crippen LogP contribution in [0.1, 0.15) is 17.4 Å². The smallest absolute Gasteiger partial charge is 0.272 e. The Morgan fingerprint density at radius 1 is 0.933 bits per heavy atom. The van der Waals surface area contributed by atoms with Gasteiger partial charge in [-0.3, -0.25) is 9.59 Å². The van der Waals surface area contributed by atoms with Crippen LogP contribution in [0, 0.1) is 0 Å². The molecule has 0 saturated carbocycles. The van der Waals surface area contributed by atoms with E-state index in [0.717, 1.165) is 5.75 Å². The molecule has 30 heavy (non-hydrogen) atoms. The number of H-pyrrole nitrogens is 1. The van der Waals surface area contributed by atoms with Crippen molar-refractivity contribution in [2.45, 2.75) is 6.92 Å². The van der Waals surface area contributed by atoms with Gasteiger partial charge in [-0.2, -0.15) is 0 Å². The molecule has 0 atom stereocenters. The number of amides is 1. The number of anilines is 1. The Kier molecular flexibility index (Phi) is 5.48. The van der Waals surface area contributed by atoms with Crippen molar-refractivity contribution in [3.05, 3.63) is 94.9 Å². The standard InChI is InChI=1S/C24H20N2O4/c1-2-29-17-11-13-18(14-12-17)30-22-10-6-5-9-20(22)25-24(28)21-15-16-7-3-4-8-19(16)23(27)26-21/h3-15H,2H2,1H3,(H,25,28)(H,26,27). The van der Waals surface area contributed by atoms with Gasteiger partial charge in [0.25, 0.3) is 11.5 Å². The molecule has 150 valence electrons. The van der Waals surface area contributed by atoms with E-state index in [1.165, 1.54) is 0 Å². The second-order valence-corrected chi connectivity index (χ2v) is 6.56. The lowest BCUT2D eigenvalue weighted by Gasteiger charge is -2.13. The van der Waals surface area contributed by atoms with Gasteiger partial charge in [0, 0.05) is 5.39 Å². The Bertz CT molecular complexity index is 1250. The molecule has 2 N–H and O–H groups in total. The van der Waals surface area contributed by atoms with Gasteiger partial charge in [0.2, 0.25) is 0 Å². The van der Waals surface area contributed by atoms with Crippen LogP contribution in [0.25, 0.3) is 10.8 Å². The molecule has 1 heterocycles. The maximum atomic E-state index is 12.8. The van der Waals surface area contributed by atoms with Crippen LogP contribution in [0.4, 0.5) is 5.69 Å². The number of hydrogen-bond acceptors (Lipinski definition) is 4. The average molecular weight is 400 g/mol. The molecule has 0 saturated heterocycles. The third-order valence-electron chi connectivity index (χ3n) is 4.50. The van der Waals surface area contributed by atoms with Crippen LogP contribution in [0.15, 0.2) is 83.7 Å². The van der Waals surface area contributed by atoms with E-state index in [9.17, 15) is 9.59 Å². The number of para-hydroxylation sites is 2. The number of benzene rings is 3. The first-order valence-corrected chi connectivity index (χ1v) is 9.57. The summed E-state index contributed by atoms with van der Waals surface area (Å²) in [6.07, 6.45) is 0. The number of carbonyl (C=O) groups is 1. The average Bonchev–Trinajstić information content (AvgIpc) is 2.76. The highest BCUT2D eigenvalue weighted by molar-refractivity contribution is 6.05. The highest BCUT2D eigenvalue weighted by Crippen LogP contribution is 2.30. The van der Waals surface area contributed by atoms with Crippen molar-refractivity contribution in [3.8, 4) is 17.2 Å². The summed E-state index contributed by atoms with van der Waals surface area (Å²) in [5.41, 5.74) is 0.358. The molecule has 6 heteroatoms. The van der Waals surface area contributed by atoms with E-state index in [1.54, 1.807) is 54.6 Å². The van der Waals surface area contributed by atoms with Crippen LogP contribution in [-0.4, -0.2) is 17.5 Å². The van der Waals surface area contributed by atoms with E-state index in [2.05, 4.69) is 10.3 Å². The number of nitrogens with one attached hydrogen (secondary N) is 2. The van der Waals surface area contributed by atoms with Gasteiger partial charge in [-0.25, -0.2) is 0 Å². The van der Waals surface area contributed by atoms with Crippen molar-refractivity contribution in [2.24, 2.45) is 0 Å². The van der Waals surface area contributed by atoms with Gasteiger partial charge in [0.15, 0.2) is 5.75 Å². The first kappa shape index (κ1) is 19.3. The van der Waals surface area contributed by atoms with Crippen molar-refractivity contribution < 1.29 is 14.3 Å². The summed E-state index contributed by atoms with van der Waals surface area (Å²) < 4.78 is 11.4. The molecule has 4 aromatic rings. The zero-order chi connectivity index (χ0) is 20.9. The number of rotatable bonds is 6. The molecule has 4 rings (SSSR count). The topological polar surface area (TPSA) is 80.4 Å². The molecule has 0 aliphatic rings. The number of fused-ring (bicyclic) bond motifs is 1. The second kappa shape index (κ2) is 8.53. The predicted molar refractivity (Wildman–Crippen MR) is 117 cm³/mol. The molecule has 0 aliphatic carbocycles. The maximum absolute atomic E-state index is 12.8. The fourth-order valence-corrected chi connectivity index (χ4v) is 3.08. The predicted octanol–water partition coefficient (Wildman–Crippen LogP) is 4.97. The number of carbonyl (C=O) groups excluding carboxylic acids is 1. The van der Waals surface area contributed by atoms with Crippen LogP contribution in [-0.2, 0) is 0 Å². The van der Waals surface area contributed by atoms with Crippen molar-refractivity contribution in [1.29, 1.82) is 0 Å². The fraction of sp³-hybridized carbons (Fsp3) is 0.0833. The highest BCUT2D eigenvalue weighted by Gasteiger charge is 2.13. The lowest BCUT2D eigenvalue weighted by atomic mass is 10.1. The van der Waals surface area contributed by atoms with Gasteiger partial charge in [-0.05, 0) is 60.8 Å². The molecule has 6 nitrogen and oxygen atoms in total. The van der Waals surface area contributed by atoms with Crippen LogP contribution < -0.4 is 20.3 Å². The summed E-state index contributed by atoms with van der Waals surface area (Å²) in [7, 11) is 0. The highest BCUT2D eigenvalue weighted by atomic mass is 16.5. The van der Waals surface area contributed by atoms with E-state index in [0.29, 0.717) is 34.6 Å². The van der Waals surface area contributed by atoms with Gasteiger partial charge >= 0.3 is 0 Å². The molecule has 0 spiro atoms. The summed E-state index contributed by atoms with van der Waals surface area (Å²) in [4.78, 5) is 27.7. The second-order valence-electron chi connectivity index (χ2n) is 6.56. The molecule has 1 amide bonds. The summed E-state index contributed by atoms with van der Waals surface area (Å²) in [6.45, 7) is 2.51. The van der Waals surface area contributed by atoms with E-state index < -0.39 is 5.91 Å². The summed E-state index contributed by atoms with van der Waals surface area (Å²) in [5, 5.41) is 4.05. The Morgan fingerprint density at radius 3 is 2.43 bits per heavy atom. The van der Waals surface area contributed by atoms with Gasteiger partial charge in [-0.15, -0.1) is 0 Å². The summed E-state index contributed by atoms with van der Waals surface area (Å²) >= 11 is 0. The fourth-order valence-electron chi connectivity index (χ4n) is 3.08. The third-order valence-corrected chi connectivity index (χ3v) is 4.50. The van der Waals surface area contributed by atoms with Crippen LogP contribution in [0.5, 0.6) is 17.2 Å². The number of aromatic amines is 1. The Labute approximate surface area is 173 Å². The van der Waals surface area contributed by atoms with E-state index >= 15 is 0 Å². The lowest BCUT2D eigenvalue weighted by molar-refractivity contribution is 0.102. The minimum atomic E-state index is -0.430. The molecule has 0 unspecified atom stereocenters. The maximum Gasteiger partial charge on any atom is 0.272 e. The van der Waals surface area contributed by atoms with Gasteiger partial charge in [0.05, 0.1) is 12.3 Å². The minimum Gasteiger partial charge on any atom is -0.494 e. The Hall–Kier alpha value is -4.06. The monoisotopic (exact) mass is 400 g/mol. The van der Waals surface area contributed by atoms with Crippen LogP contribution in [0.3, 0.4) is 0 Å². The quantitative estimate of drug-likeness (QED) is 0.479.